The highest BCUT2D eigenvalue weighted by molar-refractivity contribution is 6.30. The number of anilines is 1. The van der Waals surface area contributed by atoms with Crippen LogP contribution in [0.15, 0.2) is 24.3 Å². The molecule has 3 amide bonds. The summed E-state index contributed by atoms with van der Waals surface area (Å²) < 4.78 is 0. The SMILES string of the molecule is O=C(O)C1CC1C(=O)N1CCCN(C(=O)Nc2cccc(Cl)c2)CC1. The molecule has 0 spiro atoms. The maximum atomic E-state index is 12.4. The Kier molecular flexibility index (Phi) is 5.13. The van der Waals surface area contributed by atoms with E-state index in [2.05, 4.69) is 5.32 Å². The number of carbonyl (C=O) groups is 3. The molecule has 2 N–H and O–H groups in total. The number of rotatable bonds is 3. The van der Waals surface area contributed by atoms with Crippen molar-refractivity contribution in [1.29, 1.82) is 0 Å². The summed E-state index contributed by atoms with van der Waals surface area (Å²) in [5.74, 6) is -1.96. The lowest BCUT2D eigenvalue weighted by Crippen LogP contribution is -2.40. The number of carboxylic acid groups (broad SMARTS) is 1. The van der Waals surface area contributed by atoms with Crippen LogP contribution in [0.5, 0.6) is 0 Å². The Morgan fingerprint density at radius 3 is 2.48 bits per heavy atom. The minimum atomic E-state index is -0.907. The summed E-state index contributed by atoms with van der Waals surface area (Å²) in [6.45, 7) is 1.93. The number of carboxylic acids is 1. The number of halogens is 1. The van der Waals surface area contributed by atoms with E-state index in [1.165, 1.54) is 0 Å². The highest BCUT2D eigenvalue weighted by Gasteiger charge is 2.49. The highest BCUT2D eigenvalue weighted by Crippen LogP contribution is 2.40. The van der Waals surface area contributed by atoms with E-state index in [0.29, 0.717) is 49.7 Å². The first kappa shape index (κ1) is 17.5. The molecular weight excluding hydrogens is 346 g/mol. The Morgan fingerprint density at radius 2 is 1.80 bits per heavy atom. The molecule has 1 aliphatic heterocycles. The highest BCUT2D eigenvalue weighted by atomic mass is 35.5. The van der Waals surface area contributed by atoms with Crippen molar-refractivity contribution in [2.45, 2.75) is 12.8 Å². The lowest BCUT2D eigenvalue weighted by molar-refractivity contribution is -0.141. The van der Waals surface area contributed by atoms with Crippen molar-refractivity contribution in [3.05, 3.63) is 29.3 Å². The molecule has 1 aliphatic carbocycles. The van der Waals surface area contributed by atoms with Gasteiger partial charge >= 0.3 is 12.0 Å². The minimum absolute atomic E-state index is 0.107. The van der Waals surface area contributed by atoms with E-state index >= 15 is 0 Å². The van der Waals surface area contributed by atoms with Crippen molar-refractivity contribution in [2.75, 3.05) is 31.5 Å². The Morgan fingerprint density at radius 1 is 1.08 bits per heavy atom. The first-order valence-corrected chi connectivity index (χ1v) is 8.66. The summed E-state index contributed by atoms with van der Waals surface area (Å²) >= 11 is 5.91. The van der Waals surface area contributed by atoms with Crippen LogP contribution in [0.3, 0.4) is 0 Å². The molecule has 25 heavy (non-hydrogen) atoms. The monoisotopic (exact) mass is 365 g/mol. The number of amides is 3. The van der Waals surface area contributed by atoms with Gasteiger partial charge in [0.1, 0.15) is 0 Å². The first-order valence-electron chi connectivity index (χ1n) is 8.29. The third-order valence-electron chi connectivity index (χ3n) is 4.60. The molecule has 0 bridgehead atoms. The summed E-state index contributed by atoms with van der Waals surface area (Å²) in [5, 5.41) is 12.3. The van der Waals surface area contributed by atoms with Gasteiger partial charge in [0.15, 0.2) is 0 Å². The molecule has 0 radical (unpaired) electrons. The van der Waals surface area contributed by atoms with Crippen molar-refractivity contribution in [3.8, 4) is 0 Å². The molecule has 8 heteroatoms. The lowest BCUT2D eigenvalue weighted by Gasteiger charge is -2.22. The first-order chi connectivity index (χ1) is 12.0. The second-order valence-electron chi connectivity index (χ2n) is 6.39. The topological polar surface area (TPSA) is 90.0 Å². The van der Waals surface area contributed by atoms with E-state index in [9.17, 15) is 14.4 Å². The van der Waals surface area contributed by atoms with Crippen LogP contribution in [0.1, 0.15) is 12.8 Å². The molecule has 1 aromatic carbocycles. The fraction of sp³-hybridized carbons (Fsp3) is 0.471. The van der Waals surface area contributed by atoms with E-state index in [1.807, 2.05) is 0 Å². The van der Waals surface area contributed by atoms with Crippen molar-refractivity contribution in [2.24, 2.45) is 11.8 Å². The second kappa shape index (κ2) is 7.31. The largest absolute Gasteiger partial charge is 0.481 e. The number of urea groups is 1. The number of nitrogens with zero attached hydrogens (tertiary/aromatic N) is 2. The smallest absolute Gasteiger partial charge is 0.321 e. The van der Waals surface area contributed by atoms with Crippen LogP contribution in [0.4, 0.5) is 10.5 Å². The average Bonchev–Trinajstić information content (AvgIpc) is 3.38. The van der Waals surface area contributed by atoms with E-state index in [1.54, 1.807) is 34.1 Å². The number of benzene rings is 1. The van der Waals surface area contributed by atoms with Crippen molar-refractivity contribution in [1.82, 2.24) is 9.80 Å². The molecule has 2 aliphatic rings. The Hall–Kier alpha value is -2.28. The van der Waals surface area contributed by atoms with Crippen LogP contribution in [0.25, 0.3) is 0 Å². The van der Waals surface area contributed by atoms with E-state index < -0.39 is 17.8 Å². The second-order valence-corrected chi connectivity index (χ2v) is 6.83. The Bertz CT molecular complexity index is 696. The van der Waals surface area contributed by atoms with Crippen LogP contribution in [0, 0.1) is 11.8 Å². The quantitative estimate of drug-likeness (QED) is 0.858. The molecule has 7 nitrogen and oxygen atoms in total. The predicted molar refractivity (Wildman–Crippen MR) is 92.5 cm³/mol. The molecule has 2 fully saturated rings. The summed E-state index contributed by atoms with van der Waals surface area (Å²) in [7, 11) is 0. The molecule has 134 valence electrons. The van der Waals surface area contributed by atoms with Crippen LogP contribution >= 0.6 is 11.6 Å². The average molecular weight is 366 g/mol. The maximum Gasteiger partial charge on any atom is 0.321 e. The standard InChI is InChI=1S/C17H20ClN3O4/c18-11-3-1-4-12(9-11)19-17(25)21-6-2-5-20(7-8-21)15(22)13-10-14(13)16(23)24/h1,3-4,9,13-14H,2,5-8,10H2,(H,19,25)(H,23,24). The van der Waals surface area contributed by atoms with Gasteiger partial charge in [0, 0.05) is 36.9 Å². The Labute approximate surface area is 150 Å². The molecule has 1 saturated heterocycles. The third kappa shape index (κ3) is 4.22. The van der Waals surface area contributed by atoms with Gasteiger partial charge in [-0.1, -0.05) is 17.7 Å². The maximum absolute atomic E-state index is 12.4. The van der Waals surface area contributed by atoms with Gasteiger partial charge in [-0.25, -0.2) is 4.79 Å². The predicted octanol–water partition coefficient (Wildman–Crippen LogP) is 2.13. The zero-order valence-corrected chi connectivity index (χ0v) is 14.4. The number of hydrogen-bond acceptors (Lipinski definition) is 3. The van der Waals surface area contributed by atoms with Crippen LogP contribution in [-0.4, -0.2) is 59.0 Å². The fourth-order valence-electron chi connectivity index (χ4n) is 3.09. The number of carbonyl (C=O) groups excluding carboxylic acids is 2. The van der Waals surface area contributed by atoms with Crippen molar-refractivity contribution >= 4 is 35.2 Å². The zero-order chi connectivity index (χ0) is 18.0. The van der Waals surface area contributed by atoms with Crippen LogP contribution < -0.4 is 5.32 Å². The normalized spacial score (nSPS) is 22.9. The van der Waals surface area contributed by atoms with Gasteiger partial charge in [-0.05, 0) is 31.0 Å². The van der Waals surface area contributed by atoms with E-state index in [4.69, 9.17) is 16.7 Å². The molecule has 1 saturated carbocycles. The molecule has 2 atom stereocenters. The van der Waals surface area contributed by atoms with Gasteiger partial charge in [-0.3, -0.25) is 9.59 Å². The van der Waals surface area contributed by atoms with E-state index in [0.717, 1.165) is 0 Å². The molecule has 1 aromatic rings. The zero-order valence-electron chi connectivity index (χ0n) is 13.7. The van der Waals surface area contributed by atoms with Gasteiger partial charge in [0.2, 0.25) is 5.91 Å². The van der Waals surface area contributed by atoms with Crippen LogP contribution in [0.2, 0.25) is 5.02 Å². The minimum Gasteiger partial charge on any atom is -0.481 e. The van der Waals surface area contributed by atoms with E-state index in [-0.39, 0.29) is 11.9 Å². The molecule has 2 unspecified atom stereocenters. The van der Waals surface area contributed by atoms with Gasteiger partial charge in [-0.15, -0.1) is 0 Å². The Balaban J connectivity index is 1.53. The molecule has 0 aromatic heterocycles. The van der Waals surface area contributed by atoms with Crippen LogP contribution in [-0.2, 0) is 9.59 Å². The summed E-state index contributed by atoms with van der Waals surface area (Å²) in [6.07, 6.45) is 1.09. The fourth-order valence-corrected chi connectivity index (χ4v) is 3.28. The van der Waals surface area contributed by atoms with Gasteiger partial charge in [0.25, 0.3) is 0 Å². The molecule has 3 rings (SSSR count). The molecule has 1 heterocycles. The van der Waals surface area contributed by atoms with Gasteiger partial charge in [0.05, 0.1) is 11.8 Å². The summed E-state index contributed by atoms with van der Waals surface area (Å²) in [6, 6.07) is 6.69. The summed E-state index contributed by atoms with van der Waals surface area (Å²) in [5.41, 5.74) is 0.622. The van der Waals surface area contributed by atoms with Crippen molar-refractivity contribution in [3.63, 3.8) is 0 Å². The molecular formula is C17H20ClN3O4. The van der Waals surface area contributed by atoms with Gasteiger partial charge in [-0.2, -0.15) is 0 Å². The third-order valence-corrected chi connectivity index (χ3v) is 4.83. The number of nitrogens with one attached hydrogen (secondary N) is 1. The lowest BCUT2D eigenvalue weighted by atomic mass is 10.2. The number of hydrogen-bond donors (Lipinski definition) is 2. The summed E-state index contributed by atoms with van der Waals surface area (Å²) in [4.78, 5) is 39.0. The van der Waals surface area contributed by atoms with Gasteiger partial charge < -0.3 is 20.2 Å². The van der Waals surface area contributed by atoms with Crippen molar-refractivity contribution < 1.29 is 19.5 Å². The number of aliphatic carboxylic acids is 1.